The molecule has 1 aromatic heterocycles. The molecule has 2 atom stereocenters. The quantitative estimate of drug-likeness (QED) is 0.903. The molecule has 0 spiro atoms. The number of likely N-dealkylation sites (tertiary alicyclic amines) is 1. The highest BCUT2D eigenvalue weighted by Crippen LogP contribution is 2.31. The third-order valence-electron chi connectivity index (χ3n) is 4.14. The van der Waals surface area contributed by atoms with Crippen molar-refractivity contribution in [2.45, 2.75) is 37.8 Å². The molecule has 2 unspecified atom stereocenters. The summed E-state index contributed by atoms with van der Waals surface area (Å²) in [7, 11) is 1.94. The number of nitrogens with one attached hydrogen (secondary N) is 1. The Morgan fingerprint density at radius 2 is 2.18 bits per heavy atom. The molecule has 2 saturated heterocycles. The van der Waals surface area contributed by atoms with Crippen LogP contribution in [-0.2, 0) is 4.74 Å². The van der Waals surface area contributed by atoms with Crippen LogP contribution in [0.25, 0.3) is 0 Å². The van der Waals surface area contributed by atoms with Crippen LogP contribution in [-0.4, -0.2) is 48.6 Å². The lowest BCUT2D eigenvalue weighted by molar-refractivity contribution is 0.0663. The van der Waals surface area contributed by atoms with Crippen LogP contribution in [0, 0.1) is 0 Å². The third-order valence-corrected chi connectivity index (χ3v) is 4.14. The summed E-state index contributed by atoms with van der Waals surface area (Å²) in [6, 6.07) is 0.366. The van der Waals surface area contributed by atoms with Gasteiger partial charge in [0.1, 0.15) is 6.10 Å². The van der Waals surface area contributed by atoms with Crippen molar-refractivity contribution in [1.29, 1.82) is 0 Å². The Kier molecular flexibility index (Phi) is 7.62. The van der Waals surface area contributed by atoms with Crippen LogP contribution in [0.5, 0.6) is 0 Å². The number of piperidine rings is 1. The van der Waals surface area contributed by atoms with Gasteiger partial charge < -0.3 is 19.4 Å². The Balaban J connectivity index is 0.00000121. The Bertz CT molecular complexity index is 478. The van der Waals surface area contributed by atoms with Crippen molar-refractivity contribution in [2.75, 3.05) is 26.7 Å². The molecule has 22 heavy (non-hydrogen) atoms. The van der Waals surface area contributed by atoms with Crippen LogP contribution in [0.15, 0.2) is 10.8 Å². The molecule has 6 nitrogen and oxygen atoms in total. The number of likely N-dealkylation sites (N-methyl/N-ethyl adjacent to an activating group) is 1. The summed E-state index contributed by atoms with van der Waals surface area (Å²) in [6.07, 6.45) is 5.27. The number of oxazole rings is 1. The van der Waals surface area contributed by atoms with Gasteiger partial charge in [-0.25, -0.2) is 4.98 Å². The predicted molar refractivity (Wildman–Crippen MR) is 86.9 cm³/mol. The summed E-state index contributed by atoms with van der Waals surface area (Å²) in [5.74, 6) is 0.559. The monoisotopic (exact) mass is 351 g/mol. The van der Waals surface area contributed by atoms with E-state index in [0.29, 0.717) is 17.5 Å². The maximum atomic E-state index is 12.6. The van der Waals surface area contributed by atoms with Crippen LogP contribution in [0.4, 0.5) is 0 Å². The molecule has 3 rings (SSSR count). The number of rotatable bonds is 3. The minimum absolute atomic E-state index is 0. The van der Waals surface area contributed by atoms with Crippen molar-refractivity contribution in [1.82, 2.24) is 15.2 Å². The molecule has 0 radical (unpaired) electrons. The van der Waals surface area contributed by atoms with Gasteiger partial charge >= 0.3 is 0 Å². The number of carbonyl (C=O) groups excluding carboxylic acids is 1. The van der Waals surface area contributed by atoms with E-state index >= 15 is 0 Å². The van der Waals surface area contributed by atoms with Gasteiger partial charge in [-0.2, -0.15) is 0 Å². The number of amides is 1. The third kappa shape index (κ3) is 3.93. The van der Waals surface area contributed by atoms with Gasteiger partial charge in [0, 0.05) is 25.7 Å². The topological polar surface area (TPSA) is 67.6 Å². The Hall–Kier alpha value is -0.820. The van der Waals surface area contributed by atoms with Gasteiger partial charge in [0.25, 0.3) is 5.91 Å². The predicted octanol–water partition coefficient (Wildman–Crippen LogP) is 2.19. The van der Waals surface area contributed by atoms with E-state index in [-0.39, 0.29) is 36.8 Å². The number of halogens is 2. The Labute approximate surface area is 142 Å². The van der Waals surface area contributed by atoms with Gasteiger partial charge in [-0.3, -0.25) is 4.79 Å². The summed E-state index contributed by atoms with van der Waals surface area (Å²) in [6.45, 7) is 2.24. The van der Waals surface area contributed by atoms with Crippen molar-refractivity contribution in [3.05, 3.63) is 17.8 Å². The minimum atomic E-state index is -0.110. The molecule has 126 valence electrons. The molecule has 3 heterocycles. The van der Waals surface area contributed by atoms with E-state index in [4.69, 9.17) is 9.15 Å². The average Bonchev–Trinajstić information content (AvgIpc) is 3.16. The summed E-state index contributed by atoms with van der Waals surface area (Å²) in [5, 5.41) is 3.24. The average molecular weight is 352 g/mol. The first kappa shape index (κ1) is 19.2. The molecule has 1 amide bonds. The zero-order valence-electron chi connectivity index (χ0n) is 12.6. The van der Waals surface area contributed by atoms with Gasteiger partial charge in [0.15, 0.2) is 17.8 Å². The molecule has 8 heteroatoms. The number of hydrogen-bond donors (Lipinski definition) is 1. The highest BCUT2D eigenvalue weighted by Gasteiger charge is 2.32. The molecule has 2 aliphatic rings. The Morgan fingerprint density at radius 3 is 2.86 bits per heavy atom. The summed E-state index contributed by atoms with van der Waals surface area (Å²) < 4.78 is 11.0. The zero-order chi connectivity index (χ0) is 13.9. The molecular formula is C14H23Cl2N3O3. The fourth-order valence-corrected chi connectivity index (χ4v) is 2.98. The van der Waals surface area contributed by atoms with Crippen molar-refractivity contribution in [2.24, 2.45) is 0 Å². The number of nitrogens with zero attached hydrogens (tertiary/aromatic N) is 2. The van der Waals surface area contributed by atoms with Gasteiger partial charge in [-0.05, 0) is 32.7 Å². The zero-order valence-corrected chi connectivity index (χ0v) is 14.3. The minimum Gasteiger partial charge on any atom is -0.445 e. The van der Waals surface area contributed by atoms with Crippen molar-refractivity contribution >= 4 is 30.7 Å². The number of aromatic nitrogens is 1. The molecular weight excluding hydrogens is 329 g/mol. The molecule has 0 saturated carbocycles. The molecule has 1 N–H and O–H groups in total. The van der Waals surface area contributed by atoms with Crippen LogP contribution in [0.3, 0.4) is 0 Å². The van der Waals surface area contributed by atoms with Crippen LogP contribution < -0.4 is 5.32 Å². The van der Waals surface area contributed by atoms with Gasteiger partial charge in [0.2, 0.25) is 0 Å². The fraction of sp³-hybridized carbons (Fsp3) is 0.714. The Morgan fingerprint density at radius 1 is 1.36 bits per heavy atom. The van der Waals surface area contributed by atoms with Crippen molar-refractivity contribution in [3.8, 4) is 0 Å². The van der Waals surface area contributed by atoms with E-state index in [0.717, 1.165) is 45.4 Å². The summed E-state index contributed by atoms with van der Waals surface area (Å²) in [4.78, 5) is 18.6. The van der Waals surface area contributed by atoms with Crippen LogP contribution in [0.1, 0.15) is 48.0 Å². The first-order chi connectivity index (χ1) is 9.79. The number of carbonyl (C=O) groups is 1. The SMILES string of the molecule is CNC1CCCN(C(=O)c2ncoc2C2CCCO2)C1.Cl.Cl. The van der Waals surface area contributed by atoms with Gasteiger partial charge in [0.05, 0.1) is 0 Å². The molecule has 2 fully saturated rings. The number of ether oxygens (including phenoxy) is 1. The van der Waals surface area contributed by atoms with Gasteiger partial charge in [-0.15, -0.1) is 24.8 Å². The smallest absolute Gasteiger partial charge is 0.276 e. The highest BCUT2D eigenvalue weighted by atomic mass is 35.5. The van der Waals surface area contributed by atoms with Crippen molar-refractivity contribution < 1.29 is 13.9 Å². The molecule has 0 aliphatic carbocycles. The van der Waals surface area contributed by atoms with E-state index in [1.807, 2.05) is 11.9 Å². The van der Waals surface area contributed by atoms with E-state index in [2.05, 4.69) is 10.3 Å². The lowest BCUT2D eigenvalue weighted by Gasteiger charge is -2.32. The maximum Gasteiger partial charge on any atom is 0.276 e. The number of hydrogen-bond acceptors (Lipinski definition) is 5. The van der Waals surface area contributed by atoms with E-state index in [9.17, 15) is 4.79 Å². The first-order valence-electron chi connectivity index (χ1n) is 7.31. The van der Waals surface area contributed by atoms with Crippen LogP contribution in [0.2, 0.25) is 0 Å². The summed E-state index contributed by atoms with van der Waals surface area (Å²) >= 11 is 0. The van der Waals surface area contributed by atoms with Crippen molar-refractivity contribution in [3.63, 3.8) is 0 Å². The fourth-order valence-electron chi connectivity index (χ4n) is 2.98. The van der Waals surface area contributed by atoms with Gasteiger partial charge in [-0.1, -0.05) is 0 Å². The first-order valence-corrected chi connectivity index (χ1v) is 7.31. The van der Waals surface area contributed by atoms with Crippen LogP contribution >= 0.6 is 24.8 Å². The van der Waals surface area contributed by atoms with E-state index in [1.54, 1.807) is 0 Å². The lowest BCUT2D eigenvalue weighted by Crippen LogP contribution is -2.47. The molecule has 0 aromatic carbocycles. The largest absolute Gasteiger partial charge is 0.445 e. The van der Waals surface area contributed by atoms with E-state index < -0.39 is 0 Å². The second kappa shape index (κ2) is 8.72. The van der Waals surface area contributed by atoms with E-state index in [1.165, 1.54) is 6.39 Å². The normalized spacial score (nSPS) is 24.5. The molecule has 2 aliphatic heterocycles. The second-order valence-corrected chi connectivity index (χ2v) is 5.45. The molecule has 0 bridgehead atoms. The highest BCUT2D eigenvalue weighted by molar-refractivity contribution is 5.93. The lowest BCUT2D eigenvalue weighted by atomic mass is 10.0. The second-order valence-electron chi connectivity index (χ2n) is 5.45. The standard InChI is InChI=1S/C14H21N3O3.2ClH/c1-15-10-4-2-6-17(8-10)14(18)12-13(20-9-16-12)11-5-3-7-19-11;;/h9-11,15H,2-8H2,1H3;2*1H. The molecule has 1 aromatic rings. The summed E-state index contributed by atoms with van der Waals surface area (Å²) in [5.41, 5.74) is 0.425. The maximum absolute atomic E-state index is 12.6.